The molecule has 2 N–H and O–H groups in total. The number of amides is 2. The zero-order chi connectivity index (χ0) is 14.6. The first kappa shape index (κ1) is 16.0. The molecule has 0 radical (unpaired) electrons. The Balaban J connectivity index is 1.96. The van der Waals surface area contributed by atoms with Gasteiger partial charge in [-0.1, -0.05) is 30.3 Å². The number of alkyl carbamates (subject to hydrolysis) is 1. The molecule has 20 heavy (non-hydrogen) atoms. The summed E-state index contributed by atoms with van der Waals surface area (Å²) in [5, 5.41) is 5.44. The van der Waals surface area contributed by atoms with Gasteiger partial charge < -0.3 is 15.4 Å². The number of ether oxygens (including phenoxy) is 1. The van der Waals surface area contributed by atoms with Gasteiger partial charge in [-0.15, -0.1) is 0 Å². The Bertz CT molecular complexity index is 407. The van der Waals surface area contributed by atoms with Crippen LogP contribution >= 0.6 is 0 Å². The van der Waals surface area contributed by atoms with Crippen molar-refractivity contribution in [1.29, 1.82) is 0 Å². The molecule has 0 bridgehead atoms. The van der Waals surface area contributed by atoms with Crippen molar-refractivity contribution in [2.75, 3.05) is 13.1 Å². The van der Waals surface area contributed by atoms with E-state index in [-0.39, 0.29) is 12.5 Å². The summed E-state index contributed by atoms with van der Waals surface area (Å²) in [7, 11) is 0. The average Bonchev–Trinajstić information content (AvgIpc) is 2.45. The van der Waals surface area contributed by atoms with Gasteiger partial charge in [0.25, 0.3) is 0 Å². The van der Waals surface area contributed by atoms with E-state index in [1.54, 1.807) is 0 Å². The SMILES string of the molecule is CC(=O)NCCCCCNC(=O)OCc1ccccc1. The first-order valence-corrected chi connectivity index (χ1v) is 6.87. The molecule has 0 saturated heterocycles. The molecule has 5 heteroatoms. The highest BCUT2D eigenvalue weighted by Gasteiger charge is 2.01. The van der Waals surface area contributed by atoms with Gasteiger partial charge in [-0.05, 0) is 24.8 Å². The van der Waals surface area contributed by atoms with Crippen molar-refractivity contribution < 1.29 is 14.3 Å². The van der Waals surface area contributed by atoms with Crippen LogP contribution in [-0.2, 0) is 16.1 Å². The number of hydrogen-bond acceptors (Lipinski definition) is 3. The summed E-state index contributed by atoms with van der Waals surface area (Å²) in [5.74, 6) is -0.00684. The number of carbonyl (C=O) groups is 2. The van der Waals surface area contributed by atoms with Crippen molar-refractivity contribution in [3.8, 4) is 0 Å². The van der Waals surface area contributed by atoms with Crippen molar-refractivity contribution in [1.82, 2.24) is 10.6 Å². The first-order chi connectivity index (χ1) is 9.68. The molecule has 2 amide bonds. The lowest BCUT2D eigenvalue weighted by atomic mass is 10.2. The Kier molecular flexibility index (Phi) is 7.87. The van der Waals surface area contributed by atoms with Crippen LogP contribution < -0.4 is 10.6 Å². The standard InChI is InChI=1S/C15H22N2O3/c1-13(18)16-10-6-3-7-11-17-15(19)20-12-14-8-4-2-5-9-14/h2,4-5,8-9H,3,6-7,10-12H2,1H3,(H,16,18)(H,17,19). The molecule has 1 rings (SSSR count). The molecule has 0 fully saturated rings. The normalized spacial score (nSPS) is 9.85. The van der Waals surface area contributed by atoms with Gasteiger partial charge in [-0.3, -0.25) is 4.79 Å². The quantitative estimate of drug-likeness (QED) is 0.716. The van der Waals surface area contributed by atoms with Crippen molar-refractivity contribution in [3.63, 3.8) is 0 Å². The minimum absolute atomic E-state index is 0.00684. The van der Waals surface area contributed by atoms with Gasteiger partial charge in [0.2, 0.25) is 5.91 Å². The van der Waals surface area contributed by atoms with Crippen LogP contribution in [0.5, 0.6) is 0 Å². The second-order valence-electron chi connectivity index (χ2n) is 4.53. The molecule has 5 nitrogen and oxygen atoms in total. The molecule has 110 valence electrons. The lowest BCUT2D eigenvalue weighted by molar-refractivity contribution is -0.118. The van der Waals surface area contributed by atoms with E-state index < -0.39 is 6.09 Å². The fourth-order valence-electron chi connectivity index (χ4n) is 1.66. The minimum Gasteiger partial charge on any atom is -0.445 e. The van der Waals surface area contributed by atoms with Crippen molar-refractivity contribution >= 4 is 12.0 Å². The number of carbonyl (C=O) groups excluding carboxylic acids is 2. The molecule has 1 aromatic rings. The van der Waals surface area contributed by atoms with Gasteiger partial charge in [0.15, 0.2) is 0 Å². The maximum Gasteiger partial charge on any atom is 0.407 e. The van der Waals surface area contributed by atoms with Gasteiger partial charge in [-0.25, -0.2) is 4.79 Å². The summed E-state index contributed by atoms with van der Waals surface area (Å²) in [6.07, 6.45) is 2.36. The van der Waals surface area contributed by atoms with E-state index in [9.17, 15) is 9.59 Å². The van der Waals surface area contributed by atoms with Crippen molar-refractivity contribution in [2.24, 2.45) is 0 Å². The third-order valence-corrected chi connectivity index (χ3v) is 2.71. The predicted octanol–water partition coefficient (Wildman–Crippen LogP) is 2.22. The van der Waals surface area contributed by atoms with Crippen LogP contribution in [0.4, 0.5) is 4.79 Å². The number of benzene rings is 1. The van der Waals surface area contributed by atoms with Gasteiger partial charge in [0.1, 0.15) is 6.61 Å². The smallest absolute Gasteiger partial charge is 0.407 e. The second-order valence-corrected chi connectivity index (χ2v) is 4.53. The van der Waals surface area contributed by atoms with E-state index in [1.807, 2.05) is 30.3 Å². The largest absolute Gasteiger partial charge is 0.445 e. The monoisotopic (exact) mass is 278 g/mol. The molecule has 0 aromatic heterocycles. The molecule has 0 heterocycles. The number of unbranched alkanes of at least 4 members (excludes halogenated alkanes) is 2. The lowest BCUT2D eigenvalue weighted by Crippen LogP contribution is -2.25. The van der Waals surface area contributed by atoms with Gasteiger partial charge in [0, 0.05) is 20.0 Å². The van der Waals surface area contributed by atoms with Crippen LogP contribution in [0.2, 0.25) is 0 Å². The number of rotatable bonds is 8. The Hall–Kier alpha value is -2.04. The van der Waals surface area contributed by atoms with Crippen molar-refractivity contribution in [3.05, 3.63) is 35.9 Å². The molecule has 1 aromatic carbocycles. The molecule has 0 aliphatic rings. The van der Waals surface area contributed by atoms with Gasteiger partial charge in [0.05, 0.1) is 0 Å². The maximum absolute atomic E-state index is 11.4. The molecular formula is C15H22N2O3. The highest BCUT2D eigenvalue weighted by molar-refractivity contribution is 5.72. The molecule has 0 saturated carbocycles. The lowest BCUT2D eigenvalue weighted by Gasteiger charge is -2.07. The summed E-state index contributed by atoms with van der Waals surface area (Å²) in [6, 6.07) is 9.56. The number of hydrogen-bond donors (Lipinski definition) is 2. The third-order valence-electron chi connectivity index (χ3n) is 2.71. The van der Waals surface area contributed by atoms with Crippen LogP contribution in [0.3, 0.4) is 0 Å². The van der Waals surface area contributed by atoms with E-state index >= 15 is 0 Å². The Labute approximate surface area is 119 Å². The predicted molar refractivity (Wildman–Crippen MR) is 77.2 cm³/mol. The summed E-state index contributed by atoms with van der Waals surface area (Å²) in [6.45, 7) is 3.07. The first-order valence-electron chi connectivity index (χ1n) is 6.87. The van der Waals surface area contributed by atoms with E-state index in [1.165, 1.54) is 6.92 Å². The molecule has 0 atom stereocenters. The van der Waals surface area contributed by atoms with Crippen LogP contribution in [-0.4, -0.2) is 25.1 Å². The summed E-state index contributed by atoms with van der Waals surface area (Å²) < 4.78 is 5.08. The maximum atomic E-state index is 11.4. The summed E-state index contributed by atoms with van der Waals surface area (Å²) in [5.41, 5.74) is 0.970. The topological polar surface area (TPSA) is 67.4 Å². The Morgan fingerprint density at radius 3 is 2.30 bits per heavy atom. The van der Waals surface area contributed by atoms with Crippen LogP contribution in [0.25, 0.3) is 0 Å². The van der Waals surface area contributed by atoms with Gasteiger partial charge in [-0.2, -0.15) is 0 Å². The minimum atomic E-state index is -0.393. The number of nitrogens with one attached hydrogen (secondary N) is 2. The zero-order valence-corrected chi connectivity index (χ0v) is 11.9. The molecule has 0 unspecified atom stereocenters. The average molecular weight is 278 g/mol. The molecule has 0 aliphatic carbocycles. The highest BCUT2D eigenvalue weighted by atomic mass is 16.5. The van der Waals surface area contributed by atoms with Crippen LogP contribution in [0.1, 0.15) is 31.7 Å². The molecular weight excluding hydrogens is 256 g/mol. The van der Waals surface area contributed by atoms with E-state index in [4.69, 9.17) is 4.74 Å². The van der Waals surface area contributed by atoms with Crippen LogP contribution in [0.15, 0.2) is 30.3 Å². The summed E-state index contributed by atoms with van der Waals surface area (Å²) in [4.78, 5) is 22.0. The fourth-order valence-corrected chi connectivity index (χ4v) is 1.66. The molecule has 0 spiro atoms. The van der Waals surface area contributed by atoms with E-state index in [0.29, 0.717) is 13.1 Å². The van der Waals surface area contributed by atoms with E-state index in [0.717, 1.165) is 24.8 Å². The highest BCUT2D eigenvalue weighted by Crippen LogP contribution is 2.00. The molecule has 0 aliphatic heterocycles. The summed E-state index contributed by atoms with van der Waals surface area (Å²) >= 11 is 0. The van der Waals surface area contributed by atoms with E-state index in [2.05, 4.69) is 10.6 Å². The van der Waals surface area contributed by atoms with Crippen molar-refractivity contribution in [2.45, 2.75) is 32.8 Å². The third kappa shape index (κ3) is 8.13. The fraction of sp³-hybridized carbons (Fsp3) is 0.467. The zero-order valence-electron chi connectivity index (χ0n) is 11.9. The second kappa shape index (κ2) is 9.83. The Morgan fingerprint density at radius 2 is 1.65 bits per heavy atom. The Morgan fingerprint density at radius 1 is 1.00 bits per heavy atom. The van der Waals surface area contributed by atoms with Gasteiger partial charge >= 0.3 is 6.09 Å². The van der Waals surface area contributed by atoms with Crippen LogP contribution in [0, 0.1) is 0 Å².